The topological polar surface area (TPSA) is 42.2 Å². The van der Waals surface area contributed by atoms with Crippen LogP contribution < -0.4 is 4.74 Å². The summed E-state index contributed by atoms with van der Waals surface area (Å²) >= 11 is 0. The van der Waals surface area contributed by atoms with E-state index in [4.69, 9.17) is 14.7 Å². The number of hydrogen-bond donors (Lipinski definition) is 0. The highest BCUT2D eigenvalue weighted by atomic mass is 16.5. The van der Waals surface area contributed by atoms with E-state index in [-0.39, 0.29) is 5.41 Å². The molecule has 0 aromatic heterocycles. The lowest BCUT2D eigenvalue weighted by Crippen LogP contribution is -2.47. The van der Waals surface area contributed by atoms with Crippen LogP contribution in [0.2, 0.25) is 0 Å². The SMILES string of the molecule is COc1cc(C)c(C)cc1C1(CCC#N)COC1. The van der Waals surface area contributed by atoms with Crippen molar-refractivity contribution in [2.24, 2.45) is 0 Å². The van der Waals surface area contributed by atoms with Crippen molar-refractivity contribution >= 4 is 0 Å². The van der Waals surface area contributed by atoms with Crippen molar-refractivity contribution < 1.29 is 9.47 Å². The van der Waals surface area contributed by atoms with E-state index in [1.165, 1.54) is 16.7 Å². The number of aryl methyl sites for hydroxylation is 2. The van der Waals surface area contributed by atoms with Crippen LogP contribution in [0.25, 0.3) is 0 Å². The predicted octanol–water partition coefficient (Wildman–Crippen LogP) is 2.88. The van der Waals surface area contributed by atoms with Crippen molar-refractivity contribution in [2.45, 2.75) is 32.1 Å². The van der Waals surface area contributed by atoms with Crippen molar-refractivity contribution in [3.63, 3.8) is 0 Å². The molecule has 1 heterocycles. The Morgan fingerprint density at radius 1 is 1.33 bits per heavy atom. The van der Waals surface area contributed by atoms with Crippen LogP contribution in [0.3, 0.4) is 0 Å². The van der Waals surface area contributed by atoms with Crippen molar-refractivity contribution in [2.75, 3.05) is 20.3 Å². The fourth-order valence-corrected chi connectivity index (χ4v) is 2.45. The first-order chi connectivity index (χ1) is 8.63. The van der Waals surface area contributed by atoms with Crippen molar-refractivity contribution in [3.05, 3.63) is 28.8 Å². The van der Waals surface area contributed by atoms with Crippen molar-refractivity contribution in [3.8, 4) is 11.8 Å². The smallest absolute Gasteiger partial charge is 0.123 e. The lowest BCUT2D eigenvalue weighted by atomic mass is 9.74. The average molecular weight is 245 g/mol. The minimum atomic E-state index is -0.0282. The van der Waals surface area contributed by atoms with Crippen LogP contribution in [0.1, 0.15) is 29.5 Å². The summed E-state index contributed by atoms with van der Waals surface area (Å²) < 4.78 is 10.9. The molecule has 96 valence electrons. The highest BCUT2D eigenvalue weighted by Gasteiger charge is 2.42. The summed E-state index contributed by atoms with van der Waals surface area (Å²) in [5.41, 5.74) is 3.65. The monoisotopic (exact) mass is 245 g/mol. The fourth-order valence-electron chi connectivity index (χ4n) is 2.45. The molecule has 1 aromatic rings. The summed E-state index contributed by atoms with van der Waals surface area (Å²) in [6.45, 7) is 5.57. The highest BCUT2D eigenvalue weighted by Crippen LogP contribution is 2.42. The minimum absolute atomic E-state index is 0.0282. The van der Waals surface area contributed by atoms with Gasteiger partial charge < -0.3 is 9.47 Å². The molecule has 0 saturated carbocycles. The molecule has 0 N–H and O–H groups in total. The largest absolute Gasteiger partial charge is 0.496 e. The molecule has 3 heteroatoms. The number of nitriles is 1. The van der Waals surface area contributed by atoms with E-state index in [0.29, 0.717) is 19.6 Å². The molecular weight excluding hydrogens is 226 g/mol. The Balaban J connectivity index is 2.42. The summed E-state index contributed by atoms with van der Waals surface area (Å²) in [7, 11) is 1.70. The number of rotatable bonds is 4. The van der Waals surface area contributed by atoms with E-state index < -0.39 is 0 Å². The minimum Gasteiger partial charge on any atom is -0.496 e. The predicted molar refractivity (Wildman–Crippen MR) is 69.8 cm³/mol. The molecule has 0 unspecified atom stereocenters. The van der Waals surface area contributed by atoms with Gasteiger partial charge in [0.25, 0.3) is 0 Å². The molecule has 18 heavy (non-hydrogen) atoms. The molecule has 0 amide bonds. The third kappa shape index (κ3) is 2.09. The van der Waals surface area contributed by atoms with Gasteiger partial charge in [0.2, 0.25) is 0 Å². The Labute approximate surface area is 108 Å². The molecule has 1 aliphatic heterocycles. The molecule has 1 aromatic carbocycles. The van der Waals surface area contributed by atoms with E-state index in [0.717, 1.165) is 12.2 Å². The van der Waals surface area contributed by atoms with Crippen molar-refractivity contribution in [1.29, 1.82) is 5.26 Å². The van der Waals surface area contributed by atoms with E-state index in [1.54, 1.807) is 7.11 Å². The van der Waals surface area contributed by atoms with E-state index in [1.807, 2.05) is 0 Å². The van der Waals surface area contributed by atoms with Gasteiger partial charge in [-0.1, -0.05) is 6.07 Å². The van der Waals surface area contributed by atoms with Crippen LogP contribution in [-0.2, 0) is 10.2 Å². The number of nitrogens with zero attached hydrogens (tertiary/aromatic N) is 1. The fraction of sp³-hybridized carbons (Fsp3) is 0.533. The standard InChI is InChI=1S/C15H19NO2/c1-11-7-13(14(17-3)8-12(11)2)15(5-4-6-16)9-18-10-15/h7-8H,4-5,9-10H2,1-3H3. The molecular formula is C15H19NO2. The number of ether oxygens (including phenoxy) is 2. The second kappa shape index (κ2) is 4.99. The molecule has 0 atom stereocenters. The van der Waals surface area contributed by atoms with Crippen LogP contribution in [-0.4, -0.2) is 20.3 Å². The van der Waals surface area contributed by atoms with Crippen LogP contribution in [0.15, 0.2) is 12.1 Å². The first-order valence-electron chi connectivity index (χ1n) is 6.23. The first kappa shape index (κ1) is 12.9. The third-order valence-corrected chi connectivity index (χ3v) is 3.86. The van der Waals surface area contributed by atoms with Gasteiger partial charge in [-0.2, -0.15) is 5.26 Å². The normalized spacial score (nSPS) is 16.8. The van der Waals surface area contributed by atoms with Gasteiger partial charge in [-0.15, -0.1) is 0 Å². The van der Waals surface area contributed by atoms with E-state index in [9.17, 15) is 0 Å². The molecule has 0 spiro atoms. The maximum Gasteiger partial charge on any atom is 0.123 e. The molecule has 1 aliphatic rings. The summed E-state index contributed by atoms with van der Waals surface area (Å²) in [6.07, 6.45) is 1.39. The molecule has 2 rings (SSSR count). The molecule has 1 saturated heterocycles. The molecule has 0 aliphatic carbocycles. The molecule has 0 radical (unpaired) electrons. The Morgan fingerprint density at radius 2 is 2.00 bits per heavy atom. The summed E-state index contributed by atoms with van der Waals surface area (Å²) in [6, 6.07) is 6.50. The lowest BCUT2D eigenvalue weighted by molar-refractivity contribution is -0.0646. The highest BCUT2D eigenvalue weighted by molar-refractivity contribution is 5.47. The maximum atomic E-state index is 8.80. The summed E-state index contributed by atoms with van der Waals surface area (Å²) in [5.74, 6) is 0.916. The van der Waals surface area contributed by atoms with Gasteiger partial charge in [0.15, 0.2) is 0 Å². The number of benzene rings is 1. The van der Waals surface area contributed by atoms with Gasteiger partial charge in [-0.3, -0.25) is 0 Å². The van der Waals surface area contributed by atoms with E-state index >= 15 is 0 Å². The van der Waals surface area contributed by atoms with Crippen LogP contribution >= 0.6 is 0 Å². The van der Waals surface area contributed by atoms with Crippen molar-refractivity contribution in [1.82, 2.24) is 0 Å². The van der Waals surface area contributed by atoms with Gasteiger partial charge in [0, 0.05) is 17.4 Å². The molecule has 1 fully saturated rings. The van der Waals surface area contributed by atoms with E-state index in [2.05, 4.69) is 32.0 Å². The average Bonchev–Trinajstić information content (AvgIpc) is 2.32. The van der Waals surface area contributed by atoms with Gasteiger partial charge in [0.1, 0.15) is 5.75 Å². The number of hydrogen-bond acceptors (Lipinski definition) is 3. The summed E-state index contributed by atoms with van der Waals surface area (Å²) in [4.78, 5) is 0. The lowest BCUT2D eigenvalue weighted by Gasteiger charge is -2.42. The van der Waals surface area contributed by atoms with Crippen LogP contribution in [0.4, 0.5) is 0 Å². The zero-order valence-electron chi connectivity index (χ0n) is 11.2. The first-order valence-corrected chi connectivity index (χ1v) is 6.23. The number of methoxy groups -OCH3 is 1. The second-order valence-electron chi connectivity index (χ2n) is 5.07. The second-order valence-corrected chi connectivity index (χ2v) is 5.07. The molecule has 0 bridgehead atoms. The summed E-state index contributed by atoms with van der Waals surface area (Å²) in [5, 5.41) is 8.80. The van der Waals surface area contributed by atoms with Gasteiger partial charge >= 0.3 is 0 Å². The Kier molecular flexibility index (Phi) is 3.58. The quantitative estimate of drug-likeness (QED) is 0.819. The zero-order chi connectivity index (χ0) is 13.2. The third-order valence-electron chi connectivity index (χ3n) is 3.86. The van der Waals surface area contributed by atoms with Crippen LogP contribution in [0.5, 0.6) is 5.75 Å². The van der Waals surface area contributed by atoms with Crippen LogP contribution in [0, 0.1) is 25.2 Å². The Hall–Kier alpha value is -1.53. The maximum absolute atomic E-state index is 8.80. The Bertz CT molecular complexity index is 484. The van der Waals surface area contributed by atoms with Gasteiger partial charge in [-0.05, 0) is 37.5 Å². The Morgan fingerprint density at radius 3 is 2.50 bits per heavy atom. The van der Waals surface area contributed by atoms with Gasteiger partial charge in [0.05, 0.1) is 26.4 Å². The molecule has 3 nitrogen and oxygen atoms in total. The zero-order valence-corrected chi connectivity index (χ0v) is 11.2. The van der Waals surface area contributed by atoms with Gasteiger partial charge in [-0.25, -0.2) is 0 Å².